The van der Waals surface area contributed by atoms with Crippen LogP contribution in [-0.2, 0) is 7.05 Å². The van der Waals surface area contributed by atoms with Crippen molar-refractivity contribution in [2.24, 2.45) is 7.05 Å². The highest BCUT2D eigenvalue weighted by atomic mass is 16.5. The smallest absolute Gasteiger partial charge is 0.200 e. The molecule has 3 aromatic rings. The van der Waals surface area contributed by atoms with Gasteiger partial charge in [0.2, 0.25) is 5.43 Å². The van der Waals surface area contributed by atoms with Gasteiger partial charge in [-0.1, -0.05) is 18.2 Å². The Hall–Kier alpha value is -2.33. The first-order valence-electron chi connectivity index (χ1n) is 7.37. The maximum Gasteiger partial charge on any atom is 0.200 e. The molecule has 1 heterocycles. The molecular weight excluding hydrogens is 276 g/mol. The van der Waals surface area contributed by atoms with E-state index in [2.05, 4.69) is 4.90 Å². The van der Waals surface area contributed by atoms with E-state index in [1.807, 2.05) is 68.2 Å². The first kappa shape index (κ1) is 14.6. The van der Waals surface area contributed by atoms with Gasteiger partial charge in [-0.3, -0.25) is 4.79 Å². The van der Waals surface area contributed by atoms with Gasteiger partial charge in [-0.25, -0.2) is 0 Å². The van der Waals surface area contributed by atoms with E-state index in [1.165, 1.54) is 0 Å². The SMILES string of the molecule is CN(C)CCOc1cccc2c1c(=O)c1ccccc1n2C. The van der Waals surface area contributed by atoms with Crippen molar-refractivity contribution in [3.8, 4) is 5.75 Å². The third-order valence-corrected chi connectivity index (χ3v) is 3.90. The van der Waals surface area contributed by atoms with Crippen LogP contribution in [-0.4, -0.2) is 36.7 Å². The first-order chi connectivity index (χ1) is 10.6. The number of ether oxygens (including phenoxy) is 1. The van der Waals surface area contributed by atoms with Gasteiger partial charge < -0.3 is 14.2 Å². The van der Waals surface area contributed by atoms with Crippen LogP contribution in [0.2, 0.25) is 0 Å². The minimum Gasteiger partial charge on any atom is -0.491 e. The largest absolute Gasteiger partial charge is 0.491 e. The van der Waals surface area contributed by atoms with E-state index in [4.69, 9.17) is 4.74 Å². The van der Waals surface area contributed by atoms with Crippen LogP contribution in [0.4, 0.5) is 0 Å². The summed E-state index contributed by atoms with van der Waals surface area (Å²) >= 11 is 0. The lowest BCUT2D eigenvalue weighted by atomic mass is 10.1. The van der Waals surface area contributed by atoms with Crippen LogP contribution in [0.15, 0.2) is 47.3 Å². The quantitative estimate of drug-likeness (QED) is 0.694. The molecule has 4 heteroatoms. The zero-order chi connectivity index (χ0) is 15.7. The van der Waals surface area contributed by atoms with E-state index < -0.39 is 0 Å². The minimum atomic E-state index is 0.0316. The predicted molar refractivity (Wildman–Crippen MR) is 90.7 cm³/mol. The van der Waals surface area contributed by atoms with Crippen LogP contribution in [0.25, 0.3) is 21.8 Å². The van der Waals surface area contributed by atoms with E-state index in [0.717, 1.165) is 23.0 Å². The average molecular weight is 296 g/mol. The summed E-state index contributed by atoms with van der Waals surface area (Å²) < 4.78 is 7.91. The molecule has 0 unspecified atom stereocenters. The van der Waals surface area contributed by atoms with Crippen LogP contribution in [0.1, 0.15) is 0 Å². The number of hydrogen-bond acceptors (Lipinski definition) is 3. The normalized spacial score (nSPS) is 11.5. The van der Waals surface area contributed by atoms with Crippen molar-refractivity contribution in [2.45, 2.75) is 0 Å². The standard InChI is InChI=1S/C18H20N2O2/c1-19(2)11-12-22-16-10-6-9-15-17(16)18(21)13-7-4-5-8-14(13)20(15)3/h4-10H,11-12H2,1-3H3. The summed E-state index contributed by atoms with van der Waals surface area (Å²) in [4.78, 5) is 14.9. The van der Waals surface area contributed by atoms with Crippen molar-refractivity contribution < 1.29 is 4.74 Å². The van der Waals surface area contributed by atoms with Gasteiger partial charge in [-0.05, 0) is 38.4 Å². The highest BCUT2D eigenvalue weighted by Crippen LogP contribution is 2.25. The Kier molecular flexibility index (Phi) is 3.86. The Labute approximate surface area is 129 Å². The lowest BCUT2D eigenvalue weighted by molar-refractivity contribution is 0.263. The molecule has 0 spiro atoms. The number of nitrogens with zero attached hydrogens (tertiary/aromatic N) is 2. The summed E-state index contributed by atoms with van der Waals surface area (Å²) in [5, 5.41) is 1.38. The number of aryl methyl sites for hydroxylation is 1. The third-order valence-electron chi connectivity index (χ3n) is 3.90. The monoisotopic (exact) mass is 296 g/mol. The molecule has 0 saturated carbocycles. The fraction of sp³-hybridized carbons (Fsp3) is 0.278. The summed E-state index contributed by atoms with van der Waals surface area (Å²) in [6.45, 7) is 1.37. The number of fused-ring (bicyclic) bond motifs is 2. The molecule has 4 nitrogen and oxygen atoms in total. The predicted octanol–water partition coefficient (Wildman–Crippen LogP) is 2.63. The molecule has 0 radical (unpaired) electrons. The van der Waals surface area contributed by atoms with Crippen LogP contribution in [0.5, 0.6) is 5.75 Å². The lowest BCUT2D eigenvalue weighted by Crippen LogP contribution is -2.20. The number of rotatable bonds is 4. The van der Waals surface area contributed by atoms with Crippen molar-refractivity contribution in [3.05, 3.63) is 52.7 Å². The highest BCUT2D eigenvalue weighted by molar-refractivity contribution is 5.96. The van der Waals surface area contributed by atoms with Crippen molar-refractivity contribution in [2.75, 3.05) is 27.2 Å². The number of likely N-dealkylation sites (N-methyl/N-ethyl adjacent to an activating group) is 1. The maximum atomic E-state index is 12.9. The van der Waals surface area contributed by atoms with Crippen LogP contribution >= 0.6 is 0 Å². The highest BCUT2D eigenvalue weighted by Gasteiger charge is 2.12. The molecule has 22 heavy (non-hydrogen) atoms. The van der Waals surface area contributed by atoms with E-state index in [-0.39, 0.29) is 5.43 Å². The number of benzene rings is 2. The molecule has 114 valence electrons. The molecule has 0 saturated heterocycles. The van der Waals surface area contributed by atoms with Gasteiger partial charge in [-0.2, -0.15) is 0 Å². The van der Waals surface area contributed by atoms with Gasteiger partial charge in [-0.15, -0.1) is 0 Å². The number of pyridine rings is 1. The van der Waals surface area contributed by atoms with Gasteiger partial charge >= 0.3 is 0 Å². The van der Waals surface area contributed by atoms with Crippen molar-refractivity contribution in [1.29, 1.82) is 0 Å². The van der Waals surface area contributed by atoms with Gasteiger partial charge in [0.25, 0.3) is 0 Å². The molecule has 0 bridgehead atoms. The summed E-state index contributed by atoms with van der Waals surface area (Å²) in [5.74, 6) is 0.658. The molecule has 0 fully saturated rings. The van der Waals surface area contributed by atoms with E-state index in [9.17, 15) is 4.79 Å². The number of aromatic nitrogens is 1. The fourth-order valence-corrected chi connectivity index (χ4v) is 2.71. The topological polar surface area (TPSA) is 34.5 Å². The molecule has 2 aromatic carbocycles. The average Bonchev–Trinajstić information content (AvgIpc) is 2.52. The van der Waals surface area contributed by atoms with Gasteiger partial charge in [0.05, 0.1) is 16.4 Å². The van der Waals surface area contributed by atoms with Gasteiger partial charge in [0, 0.05) is 19.0 Å². The molecule has 1 aromatic heterocycles. The molecular formula is C18H20N2O2. The van der Waals surface area contributed by atoms with E-state index in [1.54, 1.807) is 0 Å². The van der Waals surface area contributed by atoms with Crippen LogP contribution < -0.4 is 10.2 Å². The van der Waals surface area contributed by atoms with Gasteiger partial charge in [0.1, 0.15) is 12.4 Å². The van der Waals surface area contributed by atoms with Gasteiger partial charge in [0.15, 0.2) is 0 Å². The molecule has 0 amide bonds. The maximum absolute atomic E-state index is 12.9. The van der Waals surface area contributed by atoms with Crippen LogP contribution in [0, 0.1) is 0 Å². The summed E-state index contributed by atoms with van der Waals surface area (Å²) in [6.07, 6.45) is 0. The van der Waals surface area contributed by atoms with E-state index in [0.29, 0.717) is 17.7 Å². The van der Waals surface area contributed by atoms with Crippen molar-refractivity contribution in [1.82, 2.24) is 9.47 Å². The van der Waals surface area contributed by atoms with Crippen molar-refractivity contribution >= 4 is 21.8 Å². The second kappa shape index (κ2) is 5.81. The Bertz CT molecular complexity index is 881. The summed E-state index contributed by atoms with van der Waals surface area (Å²) in [6, 6.07) is 13.4. The minimum absolute atomic E-state index is 0.0316. The second-order valence-corrected chi connectivity index (χ2v) is 5.71. The Balaban J connectivity index is 2.21. The Morgan fingerprint density at radius 1 is 1.05 bits per heavy atom. The zero-order valence-electron chi connectivity index (χ0n) is 13.2. The second-order valence-electron chi connectivity index (χ2n) is 5.71. The Morgan fingerprint density at radius 3 is 2.55 bits per heavy atom. The molecule has 0 N–H and O–H groups in total. The molecule has 0 aliphatic carbocycles. The number of hydrogen-bond donors (Lipinski definition) is 0. The zero-order valence-corrected chi connectivity index (χ0v) is 13.2. The summed E-state index contributed by atoms with van der Waals surface area (Å²) in [7, 11) is 5.98. The fourth-order valence-electron chi connectivity index (χ4n) is 2.71. The molecule has 0 atom stereocenters. The summed E-state index contributed by atoms with van der Waals surface area (Å²) in [5.41, 5.74) is 1.86. The van der Waals surface area contributed by atoms with Crippen molar-refractivity contribution in [3.63, 3.8) is 0 Å². The lowest BCUT2D eigenvalue weighted by Gasteiger charge is -2.15. The molecule has 0 aliphatic rings. The molecule has 3 rings (SSSR count). The third kappa shape index (κ3) is 2.46. The first-order valence-corrected chi connectivity index (χ1v) is 7.37. The Morgan fingerprint density at radius 2 is 1.77 bits per heavy atom. The molecule has 0 aliphatic heterocycles. The number of para-hydroxylation sites is 1. The van der Waals surface area contributed by atoms with E-state index >= 15 is 0 Å². The van der Waals surface area contributed by atoms with Crippen LogP contribution in [0.3, 0.4) is 0 Å².